The number of carbonyl (C=O) groups is 2. The van der Waals surface area contributed by atoms with Crippen molar-refractivity contribution in [2.45, 2.75) is 196 Å². The number of carboxylic acids is 1. The zero-order valence-corrected chi connectivity index (χ0v) is 35.4. The molecule has 0 aliphatic heterocycles. The van der Waals surface area contributed by atoms with Gasteiger partial charge in [-0.3, -0.25) is 9.59 Å². The Morgan fingerprint density at radius 2 is 1.52 bits per heavy atom. The largest absolute Gasteiger partial charge is 0.481 e. The normalized spacial score (nSPS) is 40.1. The van der Waals surface area contributed by atoms with Crippen molar-refractivity contribution in [2.75, 3.05) is 6.54 Å². The Bertz CT molecular complexity index is 1330. The van der Waals surface area contributed by atoms with E-state index in [-0.39, 0.29) is 45.0 Å². The van der Waals surface area contributed by atoms with Gasteiger partial charge in [-0.1, -0.05) is 79.9 Å². The highest BCUT2D eigenvalue weighted by Crippen LogP contribution is 2.77. The lowest BCUT2D eigenvalue weighted by atomic mass is 9.32. The number of carbonyl (C=O) groups excluding carboxylic acids is 1. The molecule has 0 heterocycles. The molecular formula is C46H79NO7. The second-order valence-electron chi connectivity index (χ2n) is 21.0. The number of allylic oxidation sites excluding steroid dienone is 1. The Morgan fingerprint density at radius 3 is 2.19 bits per heavy atom. The van der Waals surface area contributed by atoms with Crippen LogP contribution in [0.4, 0.5) is 0 Å². The van der Waals surface area contributed by atoms with Gasteiger partial charge in [0, 0.05) is 6.54 Å². The molecule has 8 heteroatoms. The van der Waals surface area contributed by atoms with E-state index in [1.807, 2.05) is 13.8 Å². The minimum absolute atomic E-state index is 0.0479. The van der Waals surface area contributed by atoms with Crippen LogP contribution < -0.4 is 5.32 Å². The van der Waals surface area contributed by atoms with E-state index in [0.717, 1.165) is 70.6 Å². The van der Waals surface area contributed by atoms with Gasteiger partial charge in [0.2, 0.25) is 5.91 Å². The summed E-state index contributed by atoms with van der Waals surface area (Å²) in [5.41, 5.74) is 1.56. The third-order valence-electron chi connectivity index (χ3n) is 17.3. The van der Waals surface area contributed by atoms with Crippen LogP contribution in [0.2, 0.25) is 0 Å². The number of aliphatic carboxylic acids is 1. The van der Waals surface area contributed by atoms with Gasteiger partial charge in [0.15, 0.2) is 6.29 Å². The first-order chi connectivity index (χ1) is 25.2. The van der Waals surface area contributed by atoms with Gasteiger partial charge in [-0.25, -0.2) is 0 Å². The predicted molar refractivity (Wildman–Crippen MR) is 214 cm³/mol. The first kappa shape index (κ1) is 43.6. The zero-order valence-electron chi connectivity index (χ0n) is 35.4. The van der Waals surface area contributed by atoms with E-state index >= 15 is 0 Å². The number of ether oxygens (including phenoxy) is 1. The van der Waals surface area contributed by atoms with Gasteiger partial charge < -0.3 is 30.5 Å². The van der Waals surface area contributed by atoms with E-state index in [9.17, 15) is 24.9 Å². The highest BCUT2D eigenvalue weighted by Gasteiger charge is 2.71. The number of hydrogen-bond acceptors (Lipinski definition) is 6. The quantitative estimate of drug-likeness (QED) is 0.0568. The third-order valence-corrected chi connectivity index (χ3v) is 17.3. The molecule has 1 amide bonds. The van der Waals surface area contributed by atoms with E-state index in [0.29, 0.717) is 49.0 Å². The Morgan fingerprint density at radius 1 is 0.833 bits per heavy atom. The van der Waals surface area contributed by atoms with Gasteiger partial charge in [0.1, 0.15) is 0 Å². The van der Waals surface area contributed by atoms with Crippen LogP contribution in [0, 0.1) is 62.6 Å². The van der Waals surface area contributed by atoms with Crippen LogP contribution >= 0.6 is 0 Å². The molecule has 310 valence electrons. The molecule has 5 saturated carbocycles. The van der Waals surface area contributed by atoms with E-state index in [2.05, 4.69) is 53.4 Å². The highest BCUT2D eigenvalue weighted by atomic mass is 16.6. The molecule has 5 N–H and O–H groups in total. The van der Waals surface area contributed by atoms with Gasteiger partial charge in [0.05, 0.1) is 30.1 Å². The molecule has 0 aromatic heterocycles. The molecule has 5 fully saturated rings. The van der Waals surface area contributed by atoms with E-state index in [1.54, 1.807) is 0 Å². The molecule has 4 unspecified atom stereocenters. The van der Waals surface area contributed by atoms with Gasteiger partial charge >= 0.3 is 5.97 Å². The first-order valence-corrected chi connectivity index (χ1v) is 22.1. The maximum absolute atomic E-state index is 14.5. The molecule has 13 atom stereocenters. The lowest BCUT2D eigenvalue weighted by molar-refractivity contribution is -0.246. The molecule has 8 nitrogen and oxygen atoms in total. The topological polar surface area (TPSA) is 136 Å². The summed E-state index contributed by atoms with van der Waals surface area (Å²) in [4.78, 5) is 25.5. The predicted octanol–water partition coefficient (Wildman–Crippen LogP) is 9.05. The summed E-state index contributed by atoms with van der Waals surface area (Å²) < 4.78 is 5.70. The molecule has 0 bridgehead atoms. The van der Waals surface area contributed by atoms with Crippen LogP contribution in [0.1, 0.15) is 171 Å². The maximum atomic E-state index is 14.5. The molecular weight excluding hydrogens is 679 g/mol. The number of rotatable bonds is 17. The van der Waals surface area contributed by atoms with Crippen molar-refractivity contribution in [3.8, 4) is 0 Å². The fourth-order valence-electron chi connectivity index (χ4n) is 14.2. The van der Waals surface area contributed by atoms with Crippen molar-refractivity contribution in [1.29, 1.82) is 0 Å². The Hall–Kier alpha value is -1.48. The summed E-state index contributed by atoms with van der Waals surface area (Å²) in [6.45, 7) is 23.9. The Labute approximate surface area is 328 Å². The van der Waals surface area contributed by atoms with Crippen LogP contribution in [-0.2, 0) is 14.3 Å². The minimum atomic E-state index is -1.15. The summed E-state index contributed by atoms with van der Waals surface area (Å²) >= 11 is 0. The number of hydrogen-bond donors (Lipinski definition) is 5. The number of fused-ring (bicyclic) bond motifs is 7. The standard InChI is InChI=1S/C46H79NO7/c1-29(2)27-34(33(48)28-38(50)51)54-39(52)15-13-11-10-12-14-26-47-41(53)46-23-18-31(30(3)4)40(46)32-16-17-36-43(7)21-20-37(49)42(5,6)35(43)19-22-45(36,9)44(32,8)24-25-46/h29,31-37,39-40,48-49,52H,3,10-28H2,1-2,4-9H3,(H,47,53)(H,50,51)/t31-,32+,33-,34?,35-,36?,37?,39-,40+,43-,44+,45+,46?/m0/s1. The average molecular weight is 758 g/mol. The maximum Gasteiger partial charge on any atom is 0.306 e. The number of unbranched alkanes of at least 4 members (excludes halogenated alkanes) is 4. The molecule has 0 aromatic rings. The number of amides is 1. The molecule has 0 saturated heterocycles. The van der Waals surface area contributed by atoms with Crippen molar-refractivity contribution in [3.05, 3.63) is 12.2 Å². The van der Waals surface area contributed by atoms with Gasteiger partial charge in [-0.05, 0) is 154 Å². The molecule has 0 spiro atoms. The first-order valence-electron chi connectivity index (χ1n) is 22.1. The fourth-order valence-corrected chi connectivity index (χ4v) is 14.2. The summed E-state index contributed by atoms with van der Waals surface area (Å²) in [5.74, 6) is 1.87. The number of carboxylic acid groups (broad SMARTS) is 1. The van der Waals surface area contributed by atoms with Crippen molar-refractivity contribution < 1.29 is 34.8 Å². The summed E-state index contributed by atoms with van der Waals surface area (Å²) in [5, 5.41) is 44.4. The molecule has 5 rings (SSSR count). The third kappa shape index (κ3) is 7.99. The van der Waals surface area contributed by atoms with E-state index in [1.165, 1.54) is 31.3 Å². The fraction of sp³-hybridized carbons (Fsp3) is 0.913. The van der Waals surface area contributed by atoms with Crippen LogP contribution in [0.5, 0.6) is 0 Å². The van der Waals surface area contributed by atoms with Crippen molar-refractivity contribution >= 4 is 11.9 Å². The van der Waals surface area contributed by atoms with Crippen LogP contribution in [0.15, 0.2) is 12.2 Å². The number of nitrogens with one attached hydrogen (secondary N) is 1. The second-order valence-corrected chi connectivity index (χ2v) is 21.0. The van der Waals surface area contributed by atoms with Crippen molar-refractivity contribution in [2.24, 2.45) is 62.6 Å². The van der Waals surface area contributed by atoms with Gasteiger partial charge in [-0.15, -0.1) is 0 Å². The van der Waals surface area contributed by atoms with Gasteiger partial charge in [-0.2, -0.15) is 0 Å². The zero-order chi connectivity index (χ0) is 39.9. The van der Waals surface area contributed by atoms with Gasteiger partial charge in [0.25, 0.3) is 0 Å². The lowest BCUT2D eigenvalue weighted by Gasteiger charge is -2.72. The van der Waals surface area contributed by atoms with Crippen molar-refractivity contribution in [3.63, 3.8) is 0 Å². The molecule has 0 radical (unpaired) electrons. The summed E-state index contributed by atoms with van der Waals surface area (Å²) in [6, 6.07) is 0. The smallest absolute Gasteiger partial charge is 0.306 e. The minimum Gasteiger partial charge on any atom is -0.481 e. The molecule has 54 heavy (non-hydrogen) atoms. The lowest BCUT2D eigenvalue weighted by Crippen LogP contribution is -2.67. The van der Waals surface area contributed by atoms with Crippen LogP contribution in [0.3, 0.4) is 0 Å². The van der Waals surface area contributed by atoms with E-state index < -0.39 is 30.9 Å². The highest BCUT2D eigenvalue weighted by molar-refractivity contribution is 5.84. The average Bonchev–Trinajstić information content (AvgIpc) is 3.49. The summed E-state index contributed by atoms with van der Waals surface area (Å²) in [7, 11) is 0. The number of aliphatic hydroxyl groups is 3. The van der Waals surface area contributed by atoms with Crippen LogP contribution in [-0.4, -0.2) is 63.4 Å². The molecule has 5 aliphatic carbocycles. The SMILES string of the molecule is C=C(C)[C@@H]1CCC2(C(=O)NCCCCCCC[C@@H](O)OC(CC(C)C)[C@@H](O)CC(=O)O)CC[C@]3(C)[C@H](CCC4[C@@]5(C)CCC(O)C(C)(C)[C@@H]5CC[C@]43C)[C@@H]12. The van der Waals surface area contributed by atoms with Crippen molar-refractivity contribution in [1.82, 2.24) is 5.32 Å². The van der Waals surface area contributed by atoms with E-state index in [4.69, 9.17) is 9.84 Å². The molecule has 5 aliphatic rings. The summed E-state index contributed by atoms with van der Waals surface area (Å²) in [6.07, 6.45) is 13.1. The second kappa shape index (κ2) is 16.8. The Balaban J connectivity index is 1.15. The van der Waals surface area contributed by atoms with Crippen LogP contribution in [0.25, 0.3) is 0 Å². The Kier molecular flexibility index (Phi) is 13.6. The molecule has 0 aromatic carbocycles. The monoisotopic (exact) mass is 758 g/mol. The number of aliphatic hydroxyl groups excluding tert-OH is 3.